The van der Waals surface area contributed by atoms with Gasteiger partial charge in [0.2, 0.25) is 0 Å². The average molecular weight is 704 g/mol. The van der Waals surface area contributed by atoms with Crippen LogP contribution in [0.5, 0.6) is 0 Å². The summed E-state index contributed by atoms with van der Waals surface area (Å²) in [5.74, 6) is 0.682. The van der Waals surface area contributed by atoms with Crippen molar-refractivity contribution in [3.8, 4) is 39.5 Å². The SMILES string of the molecule is c1ccc2c(-c3ccc(-c4cccc5c4oc4ccccc45)cc3)nc(-c3ccc(-n4c5ccccc5c5ccc6oc7ccccc7c6c54)cc3)nc2c1. The molecule has 0 aliphatic rings. The monoisotopic (exact) mass is 703 g/mol. The van der Waals surface area contributed by atoms with Crippen molar-refractivity contribution in [1.29, 1.82) is 0 Å². The third-order valence-corrected chi connectivity index (χ3v) is 11.0. The fourth-order valence-electron chi connectivity index (χ4n) is 8.50. The normalized spacial score (nSPS) is 12.0. The molecule has 0 saturated heterocycles. The second-order valence-corrected chi connectivity index (χ2v) is 14.1. The maximum Gasteiger partial charge on any atom is 0.160 e. The van der Waals surface area contributed by atoms with E-state index in [-0.39, 0.29) is 0 Å². The van der Waals surface area contributed by atoms with E-state index in [1.807, 2.05) is 36.4 Å². The Balaban J connectivity index is 0.975. The second-order valence-electron chi connectivity index (χ2n) is 14.1. The van der Waals surface area contributed by atoms with E-state index >= 15 is 0 Å². The van der Waals surface area contributed by atoms with E-state index in [4.69, 9.17) is 18.8 Å². The molecule has 0 radical (unpaired) electrons. The molecule has 5 heteroatoms. The molecule has 12 aromatic rings. The van der Waals surface area contributed by atoms with Gasteiger partial charge in [-0.05, 0) is 66.2 Å². The summed E-state index contributed by atoms with van der Waals surface area (Å²) >= 11 is 0. The third kappa shape index (κ3) is 4.47. The van der Waals surface area contributed by atoms with Crippen LogP contribution in [0.25, 0.3) is 116 Å². The zero-order valence-corrected chi connectivity index (χ0v) is 29.4. The fourth-order valence-corrected chi connectivity index (χ4v) is 8.50. The van der Waals surface area contributed by atoms with Crippen LogP contribution < -0.4 is 0 Å². The van der Waals surface area contributed by atoms with Crippen molar-refractivity contribution in [2.45, 2.75) is 0 Å². The molecule has 0 aliphatic carbocycles. The minimum atomic E-state index is 0.682. The lowest BCUT2D eigenvalue weighted by molar-refractivity contribution is 0.669. The molecule has 55 heavy (non-hydrogen) atoms. The molecule has 4 heterocycles. The number of fused-ring (bicyclic) bond motifs is 11. The van der Waals surface area contributed by atoms with Gasteiger partial charge in [0.25, 0.3) is 0 Å². The van der Waals surface area contributed by atoms with Gasteiger partial charge in [-0.25, -0.2) is 9.97 Å². The molecule has 0 bridgehead atoms. The van der Waals surface area contributed by atoms with Crippen LogP contribution in [0.2, 0.25) is 0 Å². The molecule has 8 aromatic carbocycles. The number of para-hydroxylation sites is 5. The van der Waals surface area contributed by atoms with E-state index in [9.17, 15) is 0 Å². The van der Waals surface area contributed by atoms with Crippen LogP contribution in [-0.2, 0) is 0 Å². The lowest BCUT2D eigenvalue weighted by Gasteiger charge is -2.12. The Kier molecular flexibility index (Phi) is 6.27. The van der Waals surface area contributed by atoms with E-state index in [1.165, 1.54) is 10.8 Å². The standard InChI is InChI=1S/C50H29N3O2/c1-5-16-41-39(12-1)47(31-22-20-30(21-23-31)34-14-9-15-38-36-11-3-7-18-43(36)55-49(34)38)52-50(51-41)32-24-26-33(27-25-32)53-42-17-6-2-10-35(42)37-28-29-45-46(48(37)53)40-13-4-8-19-44(40)54-45/h1-29H. The molecule has 0 amide bonds. The topological polar surface area (TPSA) is 57.0 Å². The molecular weight excluding hydrogens is 675 g/mol. The maximum absolute atomic E-state index is 6.36. The highest BCUT2D eigenvalue weighted by atomic mass is 16.3. The molecule has 256 valence electrons. The van der Waals surface area contributed by atoms with Crippen LogP contribution in [0, 0.1) is 0 Å². The van der Waals surface area contributed by atoms with Crippen molar-refractivity contribution in [2.75, 3.05) is 0 Å². The summed E-state index contributed by atoms with van der Waals surface area (Å²) in [5.41, 5.74) is 12.8. The van der Waals surface area contributed by atoms with Crippen LogP contribution in [0.4, 0.5) is 0 Å². The molecule has 0 aliphatic heterocycles. The minimum absolute atomic E-state index is 0.682. The number of hydrogen-bond acceptors (Lipinski definition) is 4. The second kappa shape index (κ2) is 11.5. The highest BCUT2D eigenvalue weighted by molar-refractivity contribution is 6.24. The zero-order chi connectivity index (χ0) is 36.0. The predicted octanol–water partition coefficient (Wildman–Crippen LogP) is 13.5. The van der Waals surface area contributed by atoms with Gasteiger partial charge in [0.15, 0.2) is 5.82 Å². The van der Waals surface area contributed by atoms with E-state index in [0.29, 0.717) is 5.82 Å². The number of nitrogens with zero attached hydrogens (tertiary/aromatic N) is 3. The molecule has 0 atom stereocenters. The molecule has 4 aromatic heterocycles. The average Bonchev–Trinajstić information content (AvgIpc) is 3.93. The maximum atomic E-state index is 6.36. The van der Waals surface area contributed by atoms with Crippen LogP contribution in [0.3, 0.4) is 0 Å². The summed E-state index contributed by atoms with van der Waals surface area (Å²) in [4.78, 5) is 10.3. The Morgan fingerprint density at radius 3 is 1.89 bits per heavy atom. The molecule has 0 spiro atoms. The first-order valence-electron chi connectivity index (χ1n) is 18.5. The first kappa shape index (κ1) is 30.0. The number of hydrogen-bond donors (Lipinski definition) is 0. The van der Waals surface area contributed by atoms with Gasteiger partial charge in [0, 0.05) is 54.7 Å². The summed E-state index contributed by atoms with van der Waals surface area (Å²) < 4.78 is 15.0. The van der Waals surface area contributed by atoms with Crippen LogP contribution >= 0.6 is 0 Å². The lowest BCUT2D eigenvalue weighted by Crippen LogP contribution is -1.97. The Labute approximate surface area is 314 Å². The van der Waals surface area contributed by atoms with Gasteiger partial charge in [-0.15, -0.1) is 0 Å². The number of furan rings is 2. The minimum Gasteiger partial charge on any atom is -0.456 e. The molecule has 0 unspecified atom stereocenters. The van der Waals surface area contributed by atoms with Gasteiger partial charge in [-0.1, -0.05) is 115 Å². The first-order valence-corrected chi connectivity index (χ1v) is 18.5. The summed E-state index contributed by atoms with van der Waals surface area (Å²) in [6.07, 6.45) is 0. The molecule has 0 N–H and O–H groups in total. The Morgan fingerprint density at radius 2 is 1.05 bits per heavy atom. The Morgan fingerprint density at radius 1 is 0.400 bits per heavy atom. The highest BCUT2D eigenvalue weighted by Gasteiger charge is 2.20. The van der Waals surface area contributed by atoms with Crippen molar-refractivity contribution in [3.05, 3.63) is 176 Å². The van der Waals surface area contributed by atoms with Crippen molar-refractivity contribution < 1.29 is 8.83 Å². The largest absolute Gasteiger partial charge is 0.456 e. The number of benzene rings is 8. The Hall–Kier alpha value is -7.50. The van der Waals surface area contributed by atoms with E-state index < -0.39 is 0 Å². The lowest BCUT2D eigenvalue weighted by atomic mass is 9.99. The van der Waals surface area contributed by atoms with E-state index in [2.05, 4.69) is 144 Å². The molecule has 0 saturated carbocycles. The molecule has 5 nitrogen and oxygen atoms in total. The van der Waals surface area contributed by atoms with Crippen molar-refractivity contribution in [3.63, 3.8) is 0 Å². The van der Waals surface area contributed by atoms with Crippen molar-refractivity contribution in [1.82, 2.24) is 14.5 Å². The van der Waals surface area contributed by atoms with Gasteiger partial charge in [-0.2, -0.15) is 0 Å². The van der Waals surface area contributed by atoms with E-state index in [1.54, 1.807) is 0 Å². The quantitative estimate of drug-likeness (QED) is 0.183. The van der Waals surface area contributed by atoms with Crippen LogP contribution in [0.1, 0.15) is 0 Å². The highest BCUT2D eigenvalue weighted by Crippen LogP contribution is 2.41. The van der Waals surface area contributed by atoms with Gasteiger partial charge in [0.1, 0.15) is 22.3 Å². The van der Waals surface area contributed by atoms with Gasteiger partial charge in [0.05, 0.1) is 27.6 Å². The summed E-state index contributed by atoms with van der Waals surface area (Å²) in [6.45, 7) is 0. The van der Waals surface area contributed by atoms with Crippen LogP contribution in [-0.4, -0.2) is 14.5 Å². The van der Waals surface area contributed by atoms with E-state index in [0.717, 1.165) is 99.4 Å². The van der Waals surface area contributed by atoms with Crippen LogP contribution in [0.15, 0.2) is 185 Å². The fraction of sp³-hybridized carbons (Fsp3) is 0. The molecule has 0 fully saturated rings. The smallest absolute Gasteiger partial charge is 0.160 e. The summed E-state index contributed by atoms with van der Waals surface area (Å²) in [5, 5.41) is 7.89. The van der Waals surface area contributed by atoms with Gasteiger partial charge >= 0.3 is 0 Å². The third-order valence-electron chi connectivity index (χ3n) is 11.0. The molecule has 12 rings (SSSR count). The summed E-state index contributed by atoms with van der Waals surface area (Å²) in [6, 6.07) is 61.2. The predicted molar refractivity (Wildman–Crippen MR) is 225 cm³/mol. The van der Waals surface area contributed by atoms with Gasteiger partial charge in [-0.3, -0.25) is 0 Å². The number of aromatic nitrogens is 3. The van der Waals surface area contributed by atoms with Crippen molar-refractivity contribution >= 4 is 76.6 Å². The van der Waals surface area contributed by atoms with Gasteiger partial charge < -0.3 is 13.4 Å². The summed E-state index contributed by atoms with van der Waals surface area (Å²) in [7, 11) is 0. The molecular formula is C50H29N3O2. The number of rotatable bonds is 4. The Bertz CT molecular complexity index is 3480. The first-order chi connectivity index (χ1) is 27.3. The zero-order valence-electron chi connectivity index (χ0n) is 29.4. The van der Waals surface area contributed by atoms with Crippen molar-refractivity contribution in [2.24, 2.45) is 0 Å².